The molecule has 2 aliphatic rings. The Hall–Kier alpha value is -0.160. The van der Waals surface area contributed by atoms with Crippen LogP contribution in [-0.2, 0) is 4.74 Å². The molecule has 0 bridgehead atoms. The van der Waals surface area contributed by atoms with Crippen molar-refractivity contribution in [3.8, 4) is 0 Å². The number of hydrogen-bond acceptors (Lipinski definition) is 4. The van der Waals surface area contributed by atoms with Crippen LogP contribution in [-0.4, -0.2) is 75.4 Å². The summed E-state index contributed by atoms with van der Waals surface area (Å²) in [7, 11) is 1.76. The lowest BCUT2D eigenvalue weighted by Gasteiger charge is -2.25. The van der Waals surface area contributed by atoms with Crippen LogP contribution in [0.15, 0.2) is 0 Å². The summed E-state index contributed by atoms with van der Waals surface area (Å²) in [4.78, 5) is 5.33. The maximum absolute atomic E-state index is 5.03. The highest BCUT2D eigenvalue weighted by molar-refractivity contribution is 4.84. The fraction of sp³-hybridized carbons (Fsp3) is 1.00. The second-order valence-electron chi connectivity index (χ2n) is 5.23. The summed E-state index contributed by atoms with van der Waals surface area (Å²) in [6.45, 7) is 9.29. The lowest BCUT2D eigenvalue weighted by atomic mass is 10.2. The second kappa shape index (κ2) is 7.31. The highest BCUT2D eigenvalue weighted by Crippen LogP contribution is 2.20. The maximum Gasteiger partial charge on any atom is 0.0587 e. The third-order valence-electron chi connectivity index (χ3n) is 3.98. The molecule has 17 heavy (non-hydrogen) atoms. The molecule has 4 heteroatoms. The predicted molar refractivity (Wildman–Crippen MR) is 70.4 cm³/mol. The van der Waals surface area contributed by atoms with Gasteiger partial charge < -0.3 is 15.0 Å². The van der Waals surface area contributed by atoms with E-state index < -0.39 is 0 Å². The molecule has 1 N–H and O–H groups in total. The molecular formula is C13H27N3O. The number of methoxy groups -OCH3 is 1. The number of fused-ring (bicyclic) bond motifs is 1. The molecule has 0 spiro atoms. The van der Waals surface area contributed by atoms with Gasteiger partial charge in [0.1, 0.15) is 0 Å². The van der Waals surface area contributed by atoms with Crippen LogP contribution in [0.5, 0.6) is 0 Å². The van der Waals surface area contributed by atoms with Gasteiger partial charge in [0.2, 0.25) is 0 Å². The highest BCUT2D eigenvalue weighted by atomic mass is 16.5. The van der Waals surface area contributed by atoms with Crippen LogP contribution in [0.1, 0.15) is 19.3 Å². The van der Waals surface area contributed by atoms with Gasteiger partial charge in [0, 0.05) is 39.3 Å². The molecule has 0 amide bonds. The quantitative estimate of drug-likeness (QED) is 0.681. The summed E-state index contributed by atoms with van der Waals surface area (Å²) < 4.78 is 5.03. The zero-order valence-electron chi connectivity index (χ0n) is 11.2. The van der Waals surface area contributed by atoms with E-state index in [1.807, 2.05) is 0 Å². The monoisotopic (exact) mass is 241 g/mol. The molecule has 0 radical (unpaired) electrons. The largest absolute Gasteiger partial charge is 0.383 e. The molecule has 2 heterocycles. The molecule has 2 aliphatic heterocycles. The van der Waals surface area contributed by atoms with Crippen LogP contribution >= 0.6 is 0 Å². The van der Waals surface area contributed by atoms with Crippen molar-refractivity contribution >= 4 is 0 Å². The van der Waals surface area contributed by atoms with Crippen molar-refractivity contribution in [2.75, 3.05) is 59.5 Å². The van der Waals surface area contributed by atoms with E-state index in [1.165, 1.54) is 52.0 Å². The minimum Gasteiger partial charge on any atom is -0.383 e. The van der Waals surface area contributed by atoms with Crippen molar-refractivity contribution in [2.45, 2.75) is 25.3 Å². The molecule has 0 aromatic carbocycles. The van der Waals surface area contributed by atoms with E-state index in [1.54, 1.807) is 7.11 Å². The van der Waals surface area contributed by atoms with Gasteiger partial charge in [-0.15, -0.1) is 0 Å². The van der Waals surface area contributed by atoms with E-state index in [0.29, 0.717) is 0 Å². The van der Waals surface area contributed by atoms with E-state index in [2.05, 4.69) is 15.1 Å². The van der Waals surface area contributed by atoms with Crippen molar-refractivity contribution in [2.24, 2.45) is 0 Å². The summed E-state index contributed by atoms with van der Waals surface area (Å²) in [6, 6.07) is 0.844. The number of nitrogens with one attached hydrogen (secondary N) is 1. The third kappa shape index (κ3) is 4.21. The minimum absolute atomic E-state index is 0.816. The van der Waals surface area contributed by atoms with Gasteiger partial charge in [-0.1, -0.05) is 0 Å². The fourth-order valence-electron chi connectivity index (χ4n) is 3.02. The van der Waals surface area contributed by atoms with E-state index in [9.17, 15) is 0 Å². The SMILES string of the molecule is COCCNCCN1CCCN2CCCC2C1. The van der Waals surface area contributed by atoms with Crippen LogP contribution in [0.25, 0.3) is 0 Å². The van der Waals surface area contributed by atoms with Crippen LogP contribution < -0.4 is 5.32 Å². The third-order valence-corrected chi connectivity index (χ3v) is 3.98. The van der Waals surface area contributed by atoms with E-state index >= 15 is 0 Å². The lowest BCUT2D eigenvalue weighted by Crippen LogP contribution is -2.39. The van der Waals surface area contributed by atoms with E-state index in [-0.39, 0.29) is 0 Å². The predicted octanol–water partition coefficient (Wildman–Crippen LogP) is 0.393. The number of hydrogen-bond donors (Lipinski definition) is 1. The zero-order valence-corrected chi connectivity index (χ0v) is 11.2. The Labute approximate surface area is 105 Å². The van der Waals surface area contributed by atoms with Crippen LogP contribution in [0.2, 0.25) is 0 Å². The molecule has 0 aromatic rings. The Bertz CT molecular complexity index is 213. The van der Waals surface area contributed by atoms with Crippen LogP contribution in [0.4, 0.5) is 0 Å². The molecule has 2 saturated heterocycles. The summed E-state index contributed by atoms with van der Waals surface area (Å²) in [6.07, 6.45) is 4.16. The van der Waals surface area contributed by atoms with Gasteiger partial charge in [-0.2, -0.15) is 0 Å². The first-order valence-corrected chi connectivity index (χ1v) is 7.06. The molecule has 0 aliphatic carbocycles. The summed E-state index contributed by atoms with van der Waals surface area (Å²) >= 11 is 0. The first-order chi connectivity index (χ1) is 8.40. The van der Waals surface area contributed by atoms with E-state index in [0.717, 1.165) is 25.7 Å². The Balaban J connectivity index is 1.63. The fourth-order valence-corrected chi connectivity index (χ4v) is 3.02. The number of nitrogens with zero attached hydrogens (tertiary/aromatic N) is 2. The van der Waals surface area contributed by atoms with Gasteiger partial charge in [0.15, 0.2) is 0 Å². The summed E-state index contributed by atoms with van der Waals surface area (Å²) in [5, 5.41) is 3.43. The van der Waals surface area contributed by atoms with Crippen molar-refractivity contribution in [1.82, 2.24) is 15.1 Å². The molecule has 1 atom stereocenters. The Morgan fingerprint density at radius 3 is 2.94 bits per heavy atom. The van der Waals surface area contributed by atoms with Crippen molar-refractivity contribution in [3.05, 3.63) is 0 Å². The smallest absolute Gasteiger partial charge is 0.0587 e. The van der Waals surface area contributed by atoms with Gasteiger partial charge in [-0.3, -0.25) is 4.90 Å². The summed E-state index contributed by atoms with van der Waals surface area (Å²) in [5.74, 6) is 0. The van der Waals surface area contributed by atoms with Gasteiger partial charge in [-0.05, 0) is 38.9 Å². The summed E-state index contributed by atoms with van der Waals surface area (Å²) in [5.41, 5.74) is 0. The van der Waals surface area contributed by atoms with Gasteiger partial charge in [0.25, 0.3) is 0 Å². The topological polar surface area (TPSA) is 27.7 Å². The molecule has 1 unspecified atom stereocenters. The minimum atomic E-state index is 0.816. The first kappa shape index (κ1) is 13.3. The first-order valence-electron chi connectivity index (χ1n) is 7.06. The average Bonchev–Trinajstić information content (AvgIpc) is 2.68. The Kier molecular flexibility index (Phi) is 5.71. The molecule has 0 saturated carbocycles. The number of rotatable bonds is 6. The van der Waals surface area contributed by atoms with Gasteiger partial charge in [0.05, 0.1) is 6.61 Å². The van der Waals surface area contributed by atoms with Crippen molar-refractivity contribution < 1.29 is 4.74 Å². The van der Waals surface area contributed by atoms with Gasteiger partial charge >= 0.3 is 0 Å². The molecule has 4 nitrogen and oxygen atoms in total. The second-order valence-corrected chi connectivity index (χ2v) is 5.23. The molecular weight excluding hydrogens is 214 g/mol. The normalized spacial score (nSPS) is 27.0. The maximum atomic E-state index is 5.03. The molecule has 2 rings (SSSR count). The van der Waals surface area contributed by atoms with E-state index in [4.69, 9.17) is 4.74 Å². The lowest BCUT2D eigenvalue weighted by molar-refractivity contribution is 0.193. The molecule has 100 valence electrons. The molecule has 0 aromatic heterocycles. The van der Waals surface area contributed by atoms with Crippen molar-refractivity contribution in [1.29, 1.82) is 0 Å². The average molecular weight is 241 g/mol. The van der Waals surface area contributed by atoms with Crippen molar-refractivity contribution in [3.63, 3.8) is 0 Å². The van der Waals surface area contributed by atoms with Crippen LogP contribution in [0.3, 0.4) is 0 Å². The van der Waals surface area contributed by atoms with Crippen LogP contribution in [0, 0.1) is 0 Å². The van der Waals surface area contributed by atoms with Gasteiger partial charge in [-0.25, -0.2) is 0 Å². The highest BCUT2D eigenvalue weighted by Gasteiger charge is 2.28. The Morgan fingerprint density at radius 1 is 1.18 bits per heavy atom. The number of ether oxygens (including phenoxy) is 1. The molecule has 2 fully saturated rings. The zero-order chi connectivity index (χ0) is 11.9. The Morgan fingerprint density at radius 2 is 2.06 bits per heavy atom. The standard InChI is InChI=1S/C13H27N3O/c1-17-11-6-14-5-10-15-7-3-9-16-8-2-4-13(16)12-15/h13-14H,2-12H2,1H3.